The second-order valence-electron chi connectivity index (χ2n) is 9.25. The van der Waals surface area contributed by atoms with Gasteiger partial charge in [0.2, 0.25) is 5.91 Å². The maximum Gasteiger partial charge on any atom is 0.408 e. The van der Waals surface area contributed by atoms with Gasteiger partial charge in [0.25, 0.3) is 0 Å². The van der Waals surface area contributed by atoms with E-state index in [0.29, 0.717) is 38.6 Å². The van der Waals surface area contributed by atoms with Crippen molar-refractivity contribution in [3.8, 4) is 0 Å². The molecule has 182 valence electrons. The molecule has 5 N–H and O–H groups in total. The van der Waals surface area contributed by atoms with Gasteiger partial charge in [-0.05, 0) is 52.9 Å². The van der Waals surface area contributed by atoms with Crippen molar-refractivity contribution in [2.24, 2.45) is 0 Å². The molecule has 2 fully saturated rings. The number of alkyl carbamates (subject to hydrolysis) is 1. The SMILES string of the molecule is CC(C)(C)OC(=O)NC(CCCC1SC[C@@H]2NC(=O)N[C@H]12)C(=O)NCCCCCC(=O)O. The zero-order valence-corrected chi connectivity index (χ0v) is 19.9. The van der Waals surface area contributed by atoms with E-state index in [1.54, 1.807) is 20.8 Å². The van der Waals surface area contributed by atoms with Crippen LogP contribution in [0, 0.1) is 0 Å². The second kappa shape index (κ2) is 12.2. The first-order chi connectivity index (χ1) is 15.0. The number of thioether (sulfide) groups is 1. The third-order valence-corrected chi connectivity index (χ3v) is 6.80. The van der Waals surface area contributed by atoms with Crippen LogP contribution < -0.4 is 21.3 Å². The average molecular weight is 473 g/mol. The fourth-order valence-corrected chi connectivity index (χ4v) is 5.34. The molecule has 11 heteroatoms. The van der Waals surface area contributed by atoms with Crippen molar-refractivity contribution in [1.29, 1.82) is 0 Å². The Hall–Kier alpha value is -2.17. The quantitative estimate of drug-likeness (QED) is 0.216. The Balaban J connectivity index is 1.80. The van der Waals surface area contributed by atoms with E-state index in [1.807, 2.05) is 11.8 Å². The highest BCUT2D eigenvalue weighted by Crippen LogP contribution is 2.33. The number of rotatable bonds is 12. The van der Waals surface area contributed by atoms with Crippen LogP contribution in [0.1, 0.15) is 65.7 Å². The lowest BCUT2D eigenvalue weighted by Crippen LogP contribution is -2.48. The number of nitrogens with one attached hydrogen (secondary N) is 4. The van der Waals surface area contributed by atoms with E-state index in [1.165, 1.54) is 0 Å². The molecule has 0 aromatic heterocycles. The number of fused-ring (bicyclic) bond motifs is 1. The Bertz CT molecular complexity index is 684. The van der Waals surface area contributed by atoms with Gasteiger partial charge in [-0.15, -0.1) is 0 Å². The molecule has 0 aliphatic carbocycles. The number of urea groups is 1. The highest BCUT2D eigenvalue weighted by molar-refractivity contribution is 8.00. The molecule has 0 radical (unpaired) electrons. The summed E-state index contributed by atoms with van der Waals surface area (Å²) in [5.41, 5.74) is -0.668. The summed E-state index contributed by atoms with van der Waals surface area (Å²) in [7, 11) is 0. The molecule has 0 saturated carbocycles. The van der Waals surface area contributed by atoms with Crippen LogP contribution in [0.25, 0.3) is 0 Å². The number of hydrogen-bond donors (Lipinski definition) is 5. The molecule has 2 rings (SSSR count). The first-order valence-corrected chi connectivity index (χ1v) is 12.3. The molecule has 0 bridgehead atoms. The number of aliphatic carboxylic acids is 1. The fraction of sp³-hybridized carbons (Fsp3) is 0.810. The van der Waals surface area contributed by atoms with E-state index in [4.69, 9.17) is 9.84 Å². The summed E-state index contributed by atoms with van der Waals surface area (Å²) < 4.78 is 5.30. The highest BCUT2D eigenvalue weighted by atomic mass is 32.2. The number of ether oxygens (including phenoxy) is 1. The Kier molecular flexibility index (Phi) is 9.92. The van der Waals surface area contributed by atoms with Gasteiger partial charge < -0.3 is 31.1 Å². The fourth-order valence-electron chi connectivity index (χ4n) is 3.80. The van der Waals surface area contributed by atoms with Crippen molar-refractivity contribution >= 4 is 35.8 Å². The number of amides is 4. The molecule has 0 spiro atoms. The van der Waals surface area contributed by atoms with Crippen molar-refractivity contribution < 1.29 is 29.0 Å². The van der Waals surface area contributed by atoms with Crippen LogP contribution in [0.5, 0.6) is 0 Å². The van der Waals surface area contributed by atoms with Gasteiger partial charge in [0.05, 0.1) is 12.1 Å². The van der Waals surface area contributed by atoms with Gasteiger partial charge in [0, 0.05) is 24.0 Å². The third-order valence-electron chi connectivity index (χ3n) is 5.29. The second-order valence-corrected chi connectivity index (χ2v) is 10.5. The Morgan fingerprint density at radius 1 is 1.19 bits per heavy atom. The molecule has 2 saturated heterocycles. The van der Waals surface area contributed by atoms with Crippen LogP contribution in [0.15, 0.2) is 0 Å². The molecule has 0 aromatic rings. The zero-order valence-electron chi connectivity index (χ0n) is 19.1. The number of hydrogen-bond acceptors (Lipinski definition) is 6. The monoisotopic (exact) mass is 472 g/mol. The lowest BCUT2D eigenvalue weighted by molar-refractivity contribution is -0.137. The van der Waals surface area contributed by atoms with Gasteiger partial charge in [-0.3, -0.25) is 9.59 Å². The minimum absolute atomic E-state index is 0.101. The predicted octanol–water partition coefficient (Wildman–Crippen LogP) is 1.98. The number of carbonyl (C=O) groups excluding carboxylic acids is 3. The Morgan fingerprint density at radius 3 is 2.62 bits per heavy atom. The summed E-state index contributed by atoms with van der Waals surface area (Å²) in [5.74, 6) is -0.229. The highest BCUT2D eigenvalue weighted by Gasteiger charge is 2.42. The lowest BCUT2D eigenvalue weighted by Gasteiger charge is -2.24. The molecule has 2 heterocycles. The van der Waals surface area contributed by atoms with Gasteiger partial charge in [-0.25, -0.2) is 9.59 Å². The molecule has 32 heavy (non-hydrogen) atoms. The molecule has 10 nitrogen and oxygen atoms in total. The zero-order chi connectivity index (χ0) is 23.7. The van der Waals surface area contributed by atoms with Gasteiger partial charge in [-0.1, -0.05) is 6.42 Å². The van der Waals surface area contributed by atoms with Crippen LogP contribution in [-0.4, -0.2) is 70.4 Å². The summed E-state index contributed by atoms with van der Waals surface area (Å²) in [4.78, 5) is 47.0. The van der Waals surface area contributed by atoms with Crippen molar-refractivity contribution in [2.75, 3.05) is 12.3 Å². The summed E-state index contributed by atoms with van der Waals surface area (Å²) in [5, 5.41) is 20.3. The van der Waals surface area contributed by atoms with E-state index < -0.39 is 23.7 Å². The van der Waals surface area contributed by atoms with E-state index >= 15 is 0 Å². The van der Waals surface area contributed by atoms with Crippen molar-refractivity contribution in [1.82, 2.24) is 21.3 Å². The van der Waals surface area contributed by atoms with Gasteiger partial charge in [-0.2, -0.15) is 11.8 Å². The molecular formula is C21H36N4O6S. The minimum Gasteiger partial charge on any atom is -0.481 e. The van der Waals surface area contributed by atoms with E-state index in [0.717, 1.165) is 12.2 Å². The topological polar surface area (TPSA) is 146 Å². The van der Waals surface area contributed by atoms with E-state index in [-0.39, 0.29) is 35.7 Å². The average Bonchev–Trinajstić information content (AvgIpc) is 3.21. The number of carboxylic acids is 1. The number of carbonyl (C=O) groups is 4. The summed E-state index contributed by atoms with van der Waals surface area (Å²) >= 11 is 1.81. The predicted molar refractivity (Wildman–Crippen MR) is 122 cm³/mol. The summed E-state index contributed by atoms with van der Waals surface area (Å²) in [6.07, 6.45) is 3.42. The molecule has 2 unspecified atom stereocenters. The molecular weight excluding hydrogens is 436 g/mol. The van der Waals surface area contributed by atoms with E-state index in [2.05, 4.69) is 21.3 Å². The van der Waals surface area contributed by atoms with Crippen molar-refractivity contribution in [3.05, 3.63) is 0 Å². The largest absolute Gasteiger partial charge is 0.481 e. The molecule has 0 aromatic carbocycles. The maximum atomic E-state index is 12.7. The Morgan fingerprint density at radius 2 is 1.94 bits per heavy atom. The van der Waals surface area contributed by atoms with Gasteiger partial charge >= 0.3 is 18.1 Å². The summed E-state index contributed by atoms with van der Waals surface area (Å²) in [6.45, 7) is 5.70. The first kappa shape index (κ1) is 26.1. The van der Waals surface area contributed by atoms with Crippen LogP contribution >= 0.6 is 11.8 Å². The third kappa shape index (κ3) is 9.13. The normalized spacial score (nSPS) is 23.0. The lowest BCUT2D eigenvalue weighted by atomic mass is 10.0. The smallest absolute Gasteiger partial charge is 0.408 e. The Labute approximate surface area is 193 Å². The molecule has 4 amide bonds. The van der Waals surface area contributed by atoms with Gasteiger partial charge in [0.1, 0.15) is 11.6 Å². The van der Waals surface area contributed by atoms with Crippen LogP contribution in [0.2, 0.25) is 0 Å². The standard InChI is InChI=1S/C21H36N4O6S/c1-21(2,3)31-20(30)24-13(18(28)22-11-6-4-5-10-16(26)27)8-7-9-15-17-14(12-32-15)23-19(29)25-17/h13-15,17H,4-12H2,1-3H3,(H,22,28)(H,24,30)(H,26,27)(H2,23,25,29)/t13?,14-,15?,17-/m0/s1. The van der Waals surface area contributed by atoms with Gasteiger partial charge in [0.15, 0.2) is 0 Å². The van der Waals surface area contributed by atoms with Crippen LogP contribution in [0.3, 0.4) is 0 Å². The van der Waals surface area contributed by atoms with E-state index in [9.17, 15) is 19.2 Å². The van der Waals surface area contributed by atoms with Crippen LogP contribution in [-0.2, 0) is 14.3 Å². The maximum absolute atomic E-state index is 12.7. The number of carboxylic acid groups (broad SMARTS) is 1. The molecule has 4 atom stereocenters. The van der Waals surface area contributed by atoms with Crippen LogP contribution in [0.4, 0.5) is 9.59 Å². The first-order valence-electron chi connectivity index (χ1n) is 11.2. The molecule has 2 aliphatic rings. The van der Waals surface area contributed by atoms with Crippen molar-refractivity contribution in [3.63, 3.8) is 0 Å². The number of unbranched alkanes of at least 4 members (excludes halogenated alkanes) is 2. The molecule has 2 aliphatic heterocycles. The minimum atomic E-state index is -0.824. The van der Waals surface area contributed by atoms with Crippen molar-refractivity contribution in [2.45, 2.75) is 94.7 Å². The summed E-state index contributed by atoms with van der Waals surface area (Å²) in [6, 6.07) is -0.595.